The van der Waals surface area contributed by atoms with Crippen LogP contribution in [-0.4, -0.2) is 5.78 Å². The maximum absolute atomic E-state index is 10.7. The predicted molar refractivity (Wildman–Crippen MR) is 33.2 cm³/mol. The molecule has 0 saturated heterocycles. The zero-order valence-electron chi connectivity index (χ0n) is 4.83. The highest BCUT2D eigenvalue weighted by Crippen LogP contribution is 2.00. The molecule has 1 heterocycles. The van der Waals surface area contributed by atoms with Gasteiger partial charge in [0.1, 0.15) is 6.26 Å². The molecular weight excluding hydrogens is 116 g/mol. The fourth-order valence-corrected chi connectivity index (χ4v) is 0.523. The van der Waals surface area contributed by atoms with Gasteiger partial charge in [-0.3, -0.25) is 4.79 Å². The van der Waals surface area contributed by atoms with E-state index in [4.69, 9.17) is 0 Å². The van der Waals surface area contributed by atoms with E-state index in [0.717, 1.165) is 0 Å². The molecule has 1 aromatic rings. The number of ketones is 1. The second-order valence-corrected chi connectivity index (χ2v) is 1.58. The van der Waals surface area contributed by atoms with Gasteiger partial charge in [0, 0.05) is 0 Å². The fraction of sp³-hybridized carbons (Fsp3) is 0. The average Bonchev–Trinajstić information content (AvgIpc) is 2.37. The van der Waals surface area contributed by atoms with Gasteiger partial charge in [-0.25, -0.2) is 0 Å². The minimum Gasteiger partial charge on any atom is -0.472 e. The number of furan rings is 1. The van der Waals surface area contributed by atoms with Crippen LogP contribution in [0.5, 0.6) is 0 Å². The van der Waals surface area contributed by atoms with Crippen molar-refractivity contribution in [2.75, 3.05) is 0 Å². The lowest BCUT2D eigenvalue weighted by Gasteiger charge is -1.80. The van der Waals surface area contributed by atoms with Crippen molar-refractivity contribution in [3.63, 3.8) is 0 Å². The molecule has 0 radical (unpaired) electrons. The maximum atomic E-state index is 10.7. The minimum absolute atomic E-state index is 0.108. The highest BCUT2D eigenvalue weighted by molar-refractivity contribution is 6.03. The normalized spacial score (nSPS) is 8.89. The van der Waals surface area contributed by atoms with Crippen LogP contribution in [0.15, 0.2) is 35.7 Å². The van der Waals surface area contributed by atoms with Crippen LogP contribution in [0.4, 0.5) is 0 Å². The van der Waals surface area contributed by atoms with Crippen molar-refractivity contribution in [2.24, 2.45) is 0 Å². The number of rotatable bonds is 2. The maximum Gasteiger partial charge on any atom is 0.188 e. The van der Waals surface area contributed by atoms with Gasteiger partial charge in [-0.2, -0.15) is 0 Å². The lowest BCUT2D eigenvalue weighted by Crippen LogP contribution is -1.88. The predicted octanol–water partition coefficient (Wildman–Crippen LogP) is 1.65. The largest absolute Gasteiger partial charge is 0.472 e. The molecule has 1 rings (SSSR count). The molecule has 2 heteroatoms. The second-order valence-electron chi connectivity index (χ2n) is 1.58. The standard InChI is InChI=1S/C7H6O2/c1-2-7(8)6-3-4-9-5-6/h2-5H,1H2. The Bertz CT molecular complexity index is 209. The Balaban J connectivity index is 2.89. The van der Waals surface area contributed by atoms with Gasteiger partial charge in [0.05, 0.1) is 11.8 Å². The summed E-state index contributed by atoms with van der Waals surface area (Å²) in [7, 11) is 0. The van der Waals surface area contributed by atoms with Crippen molar-refractivity contribution in [3.8, 4) is 0 Å². The van der Waals surface area contributed by atoms with Gasteiger partial charge < -0.3 is 4.42 Å². The Morgan fingerprint density at radius 2 is 2.56 bits per heavy atom. The van der Waals surface area contributed by atoms with Crippen molar-refractivity contribution in [1.29, 1.82) is 0 Å². The summed E-state index contributed by atoms with van der Waals surface area (Å²) < 4.78 is 4.67. The van der Waals surface area contributed by atoms with Gasteiger partial charge in [0.25, 0.3) is 0 Å². The van der Waals surface area contributed by atoms with Crippen LogP contribution in [0, 0.1) is 0 Å². The van der Waals surface area contributed by atoms with E-state index in [2.05, 4.69) is 11.0 Å². The number of carbonyl (C=O) groups is 1. The molecule has 0 aliphatic heterocycles. The van der Waals surface area contributed by atoms with Crippen LogP contribution >= 0.6 is 0 Å². The molecule has 2 nitrogen and oxygen atoms in total. The average molecular weight is 122 g/mol. The van der Waals surface area contributed by atoms with Crippen molar-refractivity contribution in [2.45, 2.75) is 0 Å². The molecule has 0 saturated carbocycles. The Labute approximate surface area is 52.8 Å². The van der Waals surface area contributed by atoms with Crippen LogP contribution in [0.2, 0.25) is 0 Å². The molecule has 0 atom stereocenters. The summed E-state index contributed by atoms with van der Waals surface area (Å²) in [5.74, 6) is -0.108. The van der Waals surface area contributed by atoms with Crippen molar-refractivity contribution in [3.05, 3.63) is 36.8 Å². The monoisotopic (exact) mass is 122 g/mol. The summed E-state index contributed by atoms with van der Waals surface area (Å²) in [6.07, 6.45) is 4.10. The summed E-state index contributed by atoms with van der Waals surface area (Å²) in [6, 6.07) is 1.60. The van der Waals surface area contributed by atoms with E-state index in [1.807, 2.05) is 0 Å². The first-order chi connectivity index (χ1) is 4.34. The fourth-order valence-electron chi connectivity index (χ4n) is 0.523. The van der Waals surface area contributed by atoms with Crippen LogP contribution in [0.1, 0.15) is 10.4 Å². The van der Waals surface area contributed by atoms with Crippen molar-refractivity contribution < 1.29 is 9.21 Å². The lowest BCUT2D eigenvalue weighted by atomic mass is 10.2. The van der Waals surface area contributed by atoms with E-state index in [9.17, 15) is 4.79 Å². The third-order valence-corrected chi connectivity index (χ3v) is 0.991. The van der Waals surface area contributed by atoms with Crippen LogP contribution in [0.25, 0.3) is 0 Å². The molecule has 1 aromatic heterocycles. The van der Waals surface area contributed by atoms with Gasteiger partial charge >= 0.3 is 0 Å². The highest BCUT2D eigenvalue weighted by atomic mass is 16.3. The van der Waals surface area contributed by atoms with E-state index >= 15 is 0 Å². The lowest BCUT2D eigenvalue weighted by molar-refractivity contribution is 0.104. The highest BCUT2D eigenvalue weighted by Gasteiger charge is 1.99. The summed E-state index contributed by atoms with van der Waals surface area (Å²) in [6.45, 7) is 3.33. The zero-order chi connectivity index (χ0) is 6.69. The number of carbonyl (C=O) groups excluding carboxylic acids is 1. The number of allylic oxidation sites excluding steroid dienone is 1. The molecule has 0 aromatic carbocycles. The second kappa shape index (κ2) is 2.31. The zero-order valence-corrected chi connectivity index (χ0v) is 4.83. The molecule has 0 unspecified atom stereocenters. The van der Waals surface area contributed by atoms with E-state index in [0.29, 0.717) is 5.56 Å². The third kappa shape index (κ3) is 1.08. The summed E-state index contributed by atoms with van der Waals surface area (Å²) in [5, 5.41) is 0. The Hall–Kier alpha value is -1.31. The Kier molecular flexibility index (Phi) is 1.49. The van der Waals surface area contributed by atoms with E-state index in [-0.39, 0.29) is 5.78 Å². The number of hydrogen-bond acceptors (Lipinski definition) is 2. The minimum atomic E-state index is -0.108. The first kappa shape index (κ1) is 5.82. The van der Waals surface area contributed by atoms with Crippen LogP contribution in [0.3, 0.4) is 0 Å². The topological polar surface area (TPSA) is 30.2 Å². The molecule has 46 valence electrons. The molecule has 0 aliphatic carbocycles. The molecule has 0 N–H and O–H groups in total. The first-order valence-corrected chi connectivity index (χ1v) is 2.53. The van der Waals surface area contributed by atoms with E-state index in [1.165, 1.54) is 18.6 Å². The number of hydrogen-bond donors (Lipinski definition) is 0. The van der Waals surface area contributed by atoms with Crippen LogP contribution < -0.4 is 0 Å². The molecule has 0 bridgehead atoms. The SMILES string of the molecule is C=CC(=O)c1ccoc1. The summed E-state index contributed by atoms with van der Waals surface area (Å²) in [4.78, 5) is 10.7. The van der Waals surface area contributed by atoms with Gasteiger partial charge in [0.2, 0.25) is 0 Å². The first-order valence-electron chi connectivity index (χ1n) is 2.53. The smallest absolute Gasteiger partial charge is 0.188 e. The van der Waals surface area contributed by atoms with Crippen LogP contribution in [-0.2, 0) is 0 Å². The van der Waals surface area contributed by atoms with E-state index in [1.54, 1.807) is 6.07 Å². The van der Waals surface area contributed by atoms with E-state index < -0.39 is 0 Å². The summed E-state index contributed by atoms with van der Waals surface area (Å²) in [5.41, 5.74) is 0.546. The molecule has 9 heavy (non-hydrogen) atoms. The summed E-state index contributed by atoms with van der Waals surface area (Å²) >= 11 is 0. The van der Waals surface area contributed by atoms with Gasteiger partial charge in [0.15, 0.2) is 5.78 Å². The van der Waals surface area contributed by atoms with Crippen molar-refractivity contribution in [1.82, 2.24) is 0 Å². The molecule has 0 amide bonds. The molecule has 0 aliphatic rings. The van der Waals surface area contributed by atoms with Crippen molar-refractivity contribution >= 4 is 5.78 Å². The Morgan fingerprint density at radius 3 is 3.00 bits per heavy atom. The van der Waals surface area contributed by atoms with Gasteiger partial charge in [-0.15, -0.1) is 0 Å². The molecule has 0 fully saturated rings. The molecular formula is C7H6O2. The van der Waals surface area contributed by atoms with Gasteiger partial charge in [-0.05, 0) is 12.1 Å². The quantitative estimate of drug-likeness (QED) is 0.441. The Morgan fingerprint density at radius 1 is 1.78 bits per heavy atom. The molecule has 0 spiro atoms. The van der Waals surface area contributed by atoms with Gasteiger partial charge in [-0.1, -0.05) is 6.58 Å². The third-order valence-electron chi connectivity index (χ3n) is 0.991.